The lowest BCUT2D eigenvalue weighted by Crippen LogP contribution is -2.09. The van der Waals surface area contributed by atoms with E-state index in [2.05, 4.69) is 31.7 Å². The highest BCUT2D eigenvalue weighted by Gasteiger charge is 2.25. The Morgan fingerprint density at radius 3 is 3.17 bits per heavy atom. The average Bonchev–Trinajstić information content (AvgIpc) is 2.83. The van der Waals surface area contributed by atoms with Crippen molar-refractivity contribution < 1.29 is 0 Å². The largest absolute Gasteiger partial charge is 0.369 e. The Morgan fingerprint density at radius 1 is 1.33 bits per heavy atom. The third-order valence-electron chi connectivity index (χ3n) is 3.06. The third-order valence-corrected chi connectivity index (χ3v) is 3.06. The summed E-state index contributed by atoms with van der Waals surface area (Å²) in [6.45, 7) is 3.70. The summed E-state index contributed by atoms with van der Waals surface area (Å²) in [5.41, 5.74) is 2.24. The highest BCUT2D eigenvalue weighted by atomic mass is 15.1. The van der Waals surface area contributed by atoms with Crippen molar-refractivity contribution in [1.82, 2.24) is 15.0 Å². The van der Waals surface area contributed by atoms with Gasteiger partial charge in [0.05, 0.1) is 5.69 Å². The van der Waals surface area contributed by atoms with E-state index in [0.717, 1.165) is 24.6 Å². The van der Waals surface area contributed by atoms with Gasteiger partial charge in [0.1, 0.15) is 5.82 Å². The number of nitrogens with zero attached hydrogens (tertiary/aromatic N) is 3. The number of hydrogen-bond donors (Lipinski definition) is 2. The maximum absolute atomic E-state index is 4.55. The van der Waals surface area contributed by atoms with E-state index in [1.165, 1.54) is 5.56 Å². The summed E-state index contributed by atoms with van der Waals surface area (Å²) in [5.74, 6) is 1.91. The van der Waals surface area contributed by atoms with E-state index in [-0.39, 0.29) is 5.92 Å². The molecule has 0 bridgehead atoms. The van der Waals surface area contributed by atoms with Crippen molar-refractivity contribution >= 4 is 11.8 Å². The van der Waals surface area contributed by atoms with E-state index in [1.54, 1.807) is 12.4 Å². The zero-order chi connectivity index (χ0) is 12.4. The maximum atomic E-state index is 4.55. The number of aromatic nitrogens is 3. The number of fused-ring (bicyclic) bond motifs is 1. The van der Waals surface area contributed by atoms with Crippen LogP contribution in [0.1, 0.15) is 24.1 Å². The van der Waals surface area contributed by atoms with Gasteiger partial charge in [-0.1, -0.05) is 6.07 Å². The number of anilines is 2. The molecule has 0 fully saturated rings. The molecule has 0 radical (unpaired) electrons. The first-order chi connectivity index (χ1) is 8.88. The fourth-order valence-electron chi connectivity index (χ4n) is 2.23. The summed E-state index contributed by atoms with van der Waals surface area (Å²) in [7, 11) is 0. The molecule has 5 nitrogen and oxygen atoms in total. The lowest BCUT2D eigenvalue weighted by molar-refractivity contribution is 0.849. The highest BCUT2D eigenvalue weighted by Crippen LogP contribution is 2.33. The number of hydrogen-bond acceptors (Lipinski definition) is 5. The van der Waals surface area contributed by atoms with Gasteiger partial charge >= 0.3 is 0 Å². The second-order valence-electron chi connectivity index (χ2n) is 4.21. The van der Waals surface area contributed by atoms with E-state index in [4.69, 9.17) is 0 Å². The van der Waals surface area contributed by atoms with Crippen molar-refractivity contribution in [3.05, 3.63) is 41.9 Å². The molecule has 2 aromatic heterocycles. The fraction of sp³-hybridized carbons (Fsp3) is 0.308. The molecule has 2 aromatic rings. The Kier molecular flexibility index (Phi) is 2.80. The molecule has 3 heterocycles. The minimum Gasteiger partial charge on any atom is -0.369 e. The second-order valence-corrected chi connectivity index (χ2v) is 4.21. The molecular formula is C13H15N5. The molecule has 2 N–H and O–H groups in total. The van der Waals surface area contributed by atoms with Gasteiger partial charge in [-0.2, -0.15) is 0 Å². The number of rotatable bonds is 3. The quantitative estimate of drug-likeness (QED) is 0.858. The Morgan fingerprint density at radius 2 is 2.28 bits per heavy atom. The average molecular weight is 241 g/mol. The van der Waals surface area contributed by atoms with Crippen molar-refractivity contribution in [2.75, 3.05) is 23.7 Å². The summed E-state index contributed by atoms with van der Waals surface area (Å²) in [6.07, 6.45) is 3.60. The SMILES string of the molecule is CCNc1nccc(C2CNc3ncccc32)n1. The van der Waals surface area contributed by atoms with Gasteiger partial charge in [0.15, 0.2) is 0 Å². The molecule has 0 aromatic carbocycles. The van der Waals surface area contributed by atoms with Gasteiger partial charge in [-0.3, -0.25) is 0 Å². The molecule has 5 heteroatoms. The summed E-state index contributed by atoms with van der Waals surface area (Å²) < 4.78 is 0. The fourth-order valence-corrected chi connectivity index (χ4v) is 2.23. The highest BCUT2D eigenvalue weighted by molar-refractivity contribution is 5.54. The van der Waals surface area contributed by atoms with Gasteiger partial charge in [-0.25, -0.2) is 15.0 Å². The van der Waals surface area contributed by atoms with Crippen molar-refractivity contribution in [1.29, 1.82) is 0 Å². The van der Waals surface area contributed by atoms with E-state index in [1.807, 2.05) is 19.1 Å². The molecule has 0 amide bonds. The lowest BCUT2D eigenvalue weighted by Gasteiger charge is -2.10. The molecule has 0 aliphatic carbocycles. The summed E-state index contributed by atoms with van der Waals surface area (Å²) in [6, 6.07) is 6.03. The molecule has 1 aliphatic rings. The van der Waals surface area contributed by atoms with Crippen LogP contribution >= 0.6 is 0 Å². The molecule has 18 heavy (non-hydrogen) atoms. The van der Waals surface area contributed by atoms with Crippen LogP contribution in [0, 0.1) is 0 Å². The van der Waals surface area contributed by atoms with Gasteiger partial charge in [0, 0.05) is 37.0 Å². The minimum atomic E-state index is 0.258. The maximum Gasteiger partial charge on any atom is 0.222 e. The molecule has 1 aliphatic heterocycles. The van der Waals surface area contributed by atoms with Gasteiger partial charge in [0.25, 0.3) is 0 Å². The van der Waals surface area contributed by atoms with Crippen LogP contribution in [0.4, 0.5) is 11.8 Å². The van der Waals surface area contributed by atoms with Gasteiger partial charge in [0.2, 0.25) is 5.95 Å². The molecule has 92 valence electrons. The third kappa shape index (κ3) is 1.88. The van der Waals surface area contributed by atoms with Crippen LogP contribution < -0.4 is 10.6 Å². The van der Waals surface area contributed by atoms with E-state index >= 15 is 0 Å². The second kappa shape index (κ2) is 4.60. The Balaban J connectivity index is 1.94. The standard InChI is InChI=1S/C13H15N5/c1-2-14-13-16-7-5-11(18-13)10-8-17-12-9(10)4-3-6-15-12/h3-7,10H,2,8H2,1H3,(H,15,17)(H,14,16,18). The molecule has 0 saturated heterocycles. The van der Waals surface area contributed by atoms with E-state index in [9.17, 15) is 0 Å². The monoisotopic (exact) mass is 241 g/mol. The summed E-state index contributed by atoms with van der Waals surface area (Å²) in [5, 5.41) is 6.45. The van der Waals surface area contributed by atoms with Crippen LogP contribution in [0.25, 0.3) is 0 Å². The van der Waals surface area contributed by atoms with Crippen LogP contribution in [-0.2, 0) is 0 Å². The predicted octanol–water partition coefficient (Wildman–Crippen LogP) is 1.86. The van der Waals surface area contributed by atoms with E-state index < -0.39 is 0 Å². The molecule has 1 unspecified atom stereocenters. The van der Waals surface area contributed by atoms with Crippen molar-refractivity contribution in [2.24, 2.45) is 0 Å². The van der Waals surface area contributed by atoms with Crippen LogP contribution in [0.3, 0.4) is 0 Å². The molecule has 3 rings (SSSR count). The van der Waals surface area contributed by atoms with Crippen molar-refractivity contribution in [2.45, 2.75) is 12.8 Å². The van der Waals surface area contributed by atoms with Crippen LogP contribution in [0.5, 0.6) is 0 Å². The Hall–Kier alpha value is -2.17. The topological polar surface area (TPSA) is 62.7 Å². The summed E-state index contributed by atoms with van der Waals surface area (Å²) >= 11 is 0. The normalized spacial score (nSPS) is 17.1. The van der Waals surface area contributed by atoms with Crippen molar-refractivity contribution in [3.8, 4) is 0 Å². The molecule has 0 saturated carbocycles. The van der Waals surface area contributed by atoms with Crippen LogP contribution in [0.2, 0.25) is 0 Å². The first-order valence-electron chi connectivity index (χ1n) is 6.14. The van der Waals surface area contributed by atoms with Crippen molar-refractivity contribution in [3.63, 3.8) is 0 Å². The van der Waals surface area contributed by atoms with E-state index in [0.29, 0.717) is 5.95 Å². The zero-order valence-corrected chi connectivity index (χ0v) is 10.2. The number of pyridine rings is 1. The molecule has 0 spiro atoms. The van der Waals surface area contributed by atoms with Crippen LogP contribution in [-0.4, -0.2) is 28.0 Å². The Bertz CT molecular complexity index is 555. The molecular weight excluding hydrogens is 226 g/mol. The zero-order valence-electron chi connectivity index (χ0n) is 10.2. The smallest absolute Gasteiger partial charge is 0.222 e. The summed E-state index contributed by atoms with van der Waals surface area (Å²) in [4.78, 5) is 13.1. The van der Waals surface area contributed by atoms with Crippen LogP contribution in [0.15, 0.2) is 30.6 Å². The molecule has 1 atom stereocenters. The van der Waals surface area contributed by atoms with Gasteiger partial charge in [-0.05, 0) is 19.1 Å². The Labute approximate surface area is 106 Å². The number of nitrogens with one attached hydrogen (secondary N) is 2. The van der Waals surface area contributed by atoms with Gasteiger partial charge in [-0.15, -0.1) is 0 Å². The van der Waals surface area contributed by atoms with Gasteiger partial charge < -0.3 is 10.6 Å². The lowest BCUT2D eigenvalue weighted by atomic mass is 9.99. The first kappa shape index (κ1) is 11.0. The minimum absolute atomic E-state index is 0.258. The predicted molar refractivity (Wildman–Crippen MR) is 70.8 cm³/mol. The first-order valence-corrected chi connectivity index (χ1v) is 6.14.